The number of aromatic amines is 1. The number of fused-ring (bicyclic) bond motifs is 1. The molecule has 1 atom stereocenters. The van der Waals surface area contributed by atoms with Crippen LogP contribution in [0.2, 0.25) is 0 Å². The zero-order chi connectivity index (χ0) is 23.4. The van der Waals surface area contributed by atoms with Gasteiger partial charge in [0.1, 0.15) is 0 Å². The average molecular weight is 446 g/mol. The molecule has 0 amide bonds. The molecule has 1 aliphatic rings. The summed E-state index contributed by atoms with van der Waals surface area (Å²) in [6.07, 6.45) is 3.80. The molecule has 7 heteroatoms. The van der Waals surface area contributed by atoms with Crippen LogP contribution in [0.4, 0.5) is 17.1 Å². The van der Waals surface area contributed by atoms with Gasteiger partial charge >= 0.3 is 0 Å². The number of guanidine groups is 1. The summed E-state index contributed by atoms with van der Waals surface area (Å²) >= 11 is 0. The summed E-state index contributed by atoms with van der Waals surface area (Å²) in [4.78, 5) is 12.5. The molecule has 33 heavy (non-hydrogen) atoms. The van der Waals surface area contributed by atoms with Crippen molar-refractivity contribution in [3.63, 3.8) is 0 Å². The molecular weight excluding hydrogens is 410 g/mol. The number of aryl methyl sites for hydroxylation is 1. The third-order valence-corrected chi connectivity index (χ3v) is 6.40. The minimum Gasteiger partial charge on any atom is -0.378 e. The first-order valence-corrected chi connectivity index (χ1v) is 11.5. The van der Waals surface area contributed by atoms with E-state index in [9.17, 15) is 0 Å². The molecule has 1 unspecified atom stereocenters. The third kappa shape index (κ3) is 5.49. The fourth-order valence-electron chi connectivity index (χ4n) is 4.06. The molecule has 0 radical (unpaired) electrons. The number of aliphatic imine (C=N–C) groups is 1. The van der Waals surface area contributed by atoms with Crippen molar-refractivity contribution in [3.05, 3.63) is 66.0 Å². The highest BCUT2D eigenvalue weighted by molar-refractivity contribution is 5.94. The van der Waals surface area contributed by atoms with Gasteiger partial charge in [-0.3, -0.25) is 0 Å². The molecule has 1 aromatic heterocycles. The topological polar surface area (TPSA) is 84.7 Å². The second kappa shape index (κ2) is 10.0. The lowest BCUT2D eigenvalue weighted by Crippen LogP contribution is -2.44. The highest BCUT2D eigenvalue weighted by Crippen LogP contribution is 2.26. The van der Waals surface area contributed by atoms with E-state index in [0.29, 0.717) is 5.96 Å². The molecule has 0 bridgehead atoms. The molecule has 1 aliphatic heterocycles. The number of rotatable bonds is 6. The zero-order valence-electron chi connectivity index (χ0n) is 20.0. The van der Waals surface area contributed by atoms with Crippen LogP contribution in [0.3, 0.4) is 0 Å². The second-order valence-electron chi connectivity index (χ2n) is 8.91. The molecule has 1 saturated heterocycles. The van der Waals surface area contributed by atoms with E-state index in [-0.39, 0.29) is 6.04 Å². The Kier molecular flexibility index (Phi) is 6.89. The summed E-state index contributed by atoms with van der Waals surface area (Å²) in [5.41, 5.74) is 12.9. The lowest BCUT2D eigenvalue weighted by atomic mass is 10.1. The molecule has 5 N–H and O–H groups in total. The molecule has 4 rings (SSSR count). The Morgan fingerprint density at radius 2 is 1.82 bits per heavy atom. The summed E-state index contributed by atoms with van der Waals surface area (Å²) in [5, 5.41) is 7.96. The molecule has 3 aromatic rings. The van der Waals surface area contributed by atoms with Gasteiger partial charge in [-0.05, 0) is 75.4 Å². The van der Waals surface area contributed by atoms with Crippen LogP contribution < -0.4 is 21.3 Å². The van der Waals surface area contributed by atoms with Crippen molar-refractivity contribution in [2.45, 2.75) is 26.8 Å². The average Bonchev–Trinajstić information content (AvgIpc) is 3.32. The van der Waals surface area contributed by atoms with E-state index in [1.807, 2.05) is 12.4 Å². The number of likely N-dealkylation sites (N-methyl/N-ethyl adjacent to an activating group) is 1. The van der Waals surface area contributed by atoms with Gasteiger partial charge in [0.05, 0.1) is 5.52 Å². The van der Waals surface area contributed by atoms with E-state index in [0.717, 1.165) is 43.1 Å². The summed E-state index contributed by atoms with van der Waals surface area (Å²) in [6.45, 7) is 10.6. The van der Waals surface area contributed by atoms with Gasteiger partial charge in [0, 0.05) is 67.1 Å². The number of nitrogens with one attached hydrogen (secondary N) is 3. The van der Waals surface area contributed by atoms with E-state index in [1.54, 1.807) is 0 Å². The molecule has 7 nitrogen and oxygen atoms in total. The van der Waals surface area contributed by atoms with Gasteiger partial charge < -0.3 is 31.2 Å². The van der Waals surface area contributed by atoms with Crippen LogP contribution in [0.5, 0.6) is 0 Å². The van der Waals surface area contributed by atoms with E-state index in [2.05, 4.69) is 101 Å². The summed E-state index contributed by atoms with van der Waals surface area (Å²) < 4.78 is 0. The predicted octanol–water partition coefficient (Wildman–Crippen LogP) is 4.36. The quantitative estimate of drug-likeness (QED) is 0.335. The molecule has 0 saturated carbocycles. The number of aromatic nitrogens is 1. The lowest BCUT2D eigenvalue weighted by molar-refractivity contribution is 0.313. The fraction of sp³-hybridized carbons (Fsp3) is 0.346. The normalized spacial score (nSPS) is 16.8. The summed E-state index contributed by atoms with van der Waals surface area (Å²) in [5.74, 6) is 0.372. The minimum atomic E-state index is 0.116. The Bertz CT molecular complexity index is 1140. The number of H-pyrrole nitrogens is 1. The zero-order valence-corrected chi connectivity index (χ0v) is 20.0. The van der Waals surface area contributed by atoms with E-state index >= 15 is 0 Å². The second-order valence-corrected chi connectivity index (χ2v) is 8.91. The van der Waals surface area contributed by atoms with Crippen molar-refractivity contribution in [3.8, 4) is 0 Å². The Balaban J connectivity index is 1.35. The first-order chi connectivity index (χ1) is 15.9. The number of nitrogens with zero attached hydrogens (tertiary/aromatic N) is 3. The van der Waals surface area contributed by atoms with Crippen molar-refractivity contribution in [1.29, 1.82) is 0 Å². The fourth-order valence-corrected chi connectivity index (χ4v) is 4.06. The van der Waals surface area contributed by atoms with Crippen LogP contribution in [-0.2, 0) is 0 Å². The van der Waals surface area contributed by atoms with Crippen LogP contribution >= 0.6 is 0 Å². The first-order valence-electron chi connectivity index (χ1n) is 11.5. The van der Waals surface area contributed by atoms with Crippen molar-refractivity contribution >= 4 is 33.9 Å². The maximum Gasteiger partial charge on any atom is 0.197 e. The molecule has 2 aromatic carbocycles. The largest absolute Gasteiger partial charge is 0.378 e. The Morgan fingerprint density at radius 3 is 2.55 bits per heavy atom. The lowest BCUT2D eigenvalue weighted by Gasteiger charge is -2.34. The van der Waals surface area contributed by atoms with Gasteiger partial charge in [-0.25, -0.2) is 4.99 Å². The number of nitrogens with two attached hydrogens (primary N) is 1. The van der Waals surface area contributed by atoms with Gasteiger partial charge in [-0.15, -0.1) is 0 Å². The molecule has 1 fully saturated rings. The van der Waals surface area contributed by atoms with Crippen LogP contribution in [0.1, 0.15) is 19.4 Å². The van der Waals surface area contributed by atoms with Crippen LogP contribution in [0.15, 0.2) is 65.4 Å². The summed E-state index contributed by atoms with van der Waals surface area (Å²) in [7, 11) is 2.17. The van der Waals surface area contributed by atoms with Crippen LogP contribution in [0, 0.1) is 6.92 Å². The van der Waals surface area contributed by atoms with Gasteiger partial charge in [-0.1, -0.05) is 6.07 Å². The predicted molar refractivity (Wildman–Crippen MR) is 141 cm³/mol. The minimum absolute atomic E-state index is 0.116. The maximum atomic E-state index is 6.13. The molecular formula is C26H35N7. The van der Waals surface area contributed by atoms with E-state index in [4.69, 9.17) is 5.73 Å². The highest BCUT2D eigenvalue weighted by Gasteiger charge is 2.14. The van der Waals surface area contributed by atoms with Crippen LogP contribution in [0.25, 0.3) is 10.9 Å². The van der Waals surface area contributed by atoms with Crippen molar-refractivity contribution in [2.75, 3.05) is 48.8 Å². The van der Waals surface area contributed by atoms with Crippen molar-refractivity contribution in [1.82, 2.24) is 9.88 Å². The highest BCUT2D eigenvalue weighted by atomic mass is 15.2. The van der Waals surface area contributed by atoms with Gasteiger partial charge in [0.15, 0.2) is 5.96 Å². The SMILES string of the molecule is C/C(=C/N=C(N)Nc1ccc(N2CCN(C)CC2)cc1)C(C)Nc1ccc(C)c2[nH]ccc12. The van der Waals surface area contributed by atoms with Gasteiger partial charge in [0.25, 0.3) is 0 Å². The van der Waals surface area contributed by atoms with Gasteiger partial charge in [-0.2, -0.15) is 0 Å². The Labute approximate surface area is 196 Å². The number of hydrogen-bond donors (Lipinski definition) is 4. The van der Waals surface area contributed by atoms with Gasteiger partial charge in [0.2, 0.25) is 0 Å². The smallest absolute Gasteiger partial charge is 0.197 e. The molecule has 0 aliphatic carbocycles. The van der Waals surface area contributed by atoms with Crippen molar-refractivity contribution in [2.24, 2.45) is 10.7 Å². The van der Waals surface area contributed by atoms with E-state index < -0.39 is 0 Å². The number of benzene rings is 2. The molecule has 2 heterocycles. The number of anilines is 3. The number of piperazine rings is 1. The number of hydrogen-bond acceptors (Lipinski definition) is 4. The first kappa shape index (κ1) is 22.7. The Morgan fingerprint density at radius 1 is 1.09 bits per heavy atom. The maximum absolute atomic E-state index is 6.13. The third-order valence-electron chi connectivity index (χ3n) is 6.40. The standard InChI is InChI=1S/C26H35N7/c1-18-5-10-24(23-11-12-28-25(18)23)30-20(3)19(2)17-29-26(27)31-21-6-8-22(9-7-21)33-15-13-32(4)14-16-33/h5-12,17,20,28,30H,13-16H2,1-4H3,(H3,27,29,31)/b19-17-. The molecule has 0 spiro atoms. The monoisotopic (exact) mass is 445 g/mol. The molecule has 174 valence electrons. The summed E-state index contributed by atoms with van der Waals surface area (Å²) in [6, 6.07) is 14.8. The van der Waals surface area contributed by atoms with Crippen molar-refractivity contribution < 1.29 is 0 Å². The Hall–Kier alpha value is -3.45. The van der Waals surface area contributed by atoms with E-state index in [1.165, 1.54) is 22.2 Å². The van der Waals surface area contributed by atoms with Crippen LogP contribution in [-0.4, -0.2) is 55.1 Å².